The topological polar surface area (TPSA) is 72.0 Å². The van der Waals surface area contributed by atoms with Crippen molar-refractivity contribution < 1.29 is 4.52 Å². The highest BCUT2D eigenvalue weighted by molar-refractivity contribution is 5.77. The first-order valence-electron chi connectivity index (χ1n) is 3.61. The second-order valence-electron chi connectivity index (χ2n) is 2.58. The van der Waals surface area contributed by atoms with Gasteiger partial charge in [0.25, 0.3) is 0 Å². The van der Waals surface area contributed by atoms with E-state index >= 15 is 0 Å². The molecule has 0 spiro atoms. The van der Waals surface area contributed by atoms with Crippen LogP contribution in [0.15, 0.2) is 27.5 Å². The molecule has 2 rings (SSSR count). The molecule has 2 aromatic rings. The summed E-state index contributed by atoms with van der Waals surface area (Å²) >= 11 is 0. The third-order valence-corrected chi connectivity index (χ3v) is 1.79. The summed E-state index contributed by atoms with van der Waals surface area (Å²) in [5.41, 5.74) is 6.70. The van der Waals surface area contributed by atoms with Gasteiger partial charge in [-0.3, -0.25) is 0 Å². The summed E-state index contributed by atoms with van der Waals surface area (Å²) < 4.78 is 4.59. The van der Waals surface area contributed by atoms with Crippen LogP contribution in [0.3, 0.4) is 0 Å². The van der Waals surface area contributed by atoms with E-state index in [-0.39, 0.29) is 5.63 Å². The predicted octanol–water partition coefficient (Wildman–Crippen LogP) is 0.580. The highest BCUT2D eigenvalue weighted by atomic mass is 16.5. The molecule has 0 unspecified atom stereocenters. The summed E-state index contributed by atoms with van der Waals surface area (Å²) in [7, 11) is 0. The lowest BCUT2D eigenvalue weighted by Gasteiger charge is -1.92. The molecule has 0 aliphatic carbocycles. The molecule has 0 amide bonds. The van der Waals surface area contributed by atoms with Crippen LogP contribution in [0.2, 0.25) is 0 Å². The fourth-order valence-corrected chi connectivity index (χ4v) is 1.13. The molecule has 1 heterocycles. The molecule has 0 fully saturated rings. The van der Waals surface area contributed by atoms with E-state index in [0.717, 1.165) is 5.56 Å². The number of nitrogens with one attached hydrogen (secondary N) is 1. The Morgan fingerprint density at radius 2 is 2.33 bits per heavy atom. The Balaban J connectivity index is 2.80. The number of nitrogens with two attached hydrogens (primary N) is 1. The summed E-state index contributed by atoms with van der Waals surface area (Å²) in [6.07, 6.45) is 0. The predicted molar refractivity (Wildman–Crippen MR) is 44.7 cm³/mol. The van der Waals surface area contributed by atoms with Crippen molar-refractivity contribution in [1.29, 1.82) is 0 Å². The Morgan fingerprint density at radius 3 is 3.08 bits per heavy atom. The Hall–Kier alpha value is -1.55. The summed E-state index contributed by atoms with van der Waals surface area (Å²) in [6, 6.07) is 5.37. The lowest BCUT2D eigenvalue weighted by Crippen LogP contribution is -1.97. The molecule has 0 saturated heterocycles. The largest absolute Gasteiger partial charge is 0.365 e. The number of hydrogen-bond donors (Lipinski definition) is 2. The van der Waals surface area contributed by atoms with E-state index in [0.29, 0.717) is 17.4 Å². The van der Waals surface area contributed by atoms with Crippen molar-refractivity contribution in [2.75, 3.05) is 0 Å². The first-order chi connectivity index (χ1) is 5.81. The van der Waals surface area contributed by atoms with Gasteiger partial charge in [-0.15, -0.1) is 0 Å². The maximum Gasteiger partial charge on any atom is 0.365 e. The molecule has 1 aromatic heterocycles. The quantitative estimate of drug-likeness (QED) is 0.647. The van der Waals surface area contributed by atoms with E-state index < -0.39 is 0 Å². The highest BCUT2D eigenvalue weighted by Crippen LogP contribution is 2.09. The molecule has 4 heteroatoms. The molecule has 12 heavy (non-hydrogen) atoms. The normalized spacial score (nSPS) is 10.8. The summed E-state index contributed by atoms with van der Waals surface area (Å²) in [5, 5.41) is 3.06. The van der Waals surface area contributed by atoms with Gasteiger partial charge in [-0.2, -0.15) is 0 Å². The number of aromatic amines is 1. The molecule has 0 aliphatic heterocycles. The van der Waals surface area contributed by atoms with Crippen molar-refractivity contribution >= 4 is 10.9 Å². The number of benzene rings is 1. The zero-order chi connectivity index (χ0) is 8.55. The lowest BCUT2D eigenvalue weighted by atomic mass is 10.2. The van der Waals surface area contributed by atoms with Crippen LogP contribution in [0, 0.1) is 0 Å². The van der Waals surface area contributed by atoms with E-state index in [1.165, 1.54) is 0 Å². The van der Waals surface area contributed by atoms with E-state index in [4.69, 9.17) is 5.73 Å². The van der Waals surface area contributed by atoms with Gasteiger partial charge in [-0.05, 0) is 17.7 Å². The van der Waals surface area contributed by atoms with E-state index in [1.54, 1.807) is 12.1 Å². The summed E-state index contributed by atoms with van der Waals surface area (Å²) in [4.78, 5) is 11.0. The molecule has 62 valence electrons. The number of H-pyrrole nitrogens is 1. The van der Waals surface area contributed by atoms with E-state index in [9.17, 15) is 4.79 Å². The van der Waals surface area contributed by atoms with Gasteiger partial charge in [0.15, 0.2) is 0 Å². The smallest absolute Gasteiger partial charge is 0.338 e. The van der Waals surface area contributed by atoms with Crippen LogP contribution in [0.1, 0.15) is 5.56 Å². The number of fused-ring (bicyclic) bond motifs is 1. The maximum absolute atomic E-state index is 11.0. The van der Waals surface area contributed by atoms with Crippen molar-refractivity contribution in [3.8, 4) is 0 Å². The molecule has 0 bridgehead atoms. The zero-order valence-corrected chi connectivity index (χ0v) is 6.33. The molecular weight excluding hydrogens is 156 g/mol. The average Bonchev–Trinajstić information content (AvgIpc) is 2.47. The standard InChI is InChI=1S/C8H8N2O2/c9-4-5-1-2-7-6(3-5)8(11)12-10-7/h1-3,10H,4,9H2. The van der Waals surface area contributed by atoms with Gasteiger partial charge >= 0.3 is 5.63 Å². The maximum atomic E-state index is 11.0. The van der Waals surface area contributed by atoms with Gasteiger partial charge in [0.1, 0.15) is 0 Å². The van der Waals surface area contributed by atoms with Crippen LogP contribution in [-0.4, -0.2) is 5.16 Å². The molecule has 0 saturated carbocycles. The molecule has 0 radical (unpaired) electrons. The Kier molecular flexibility index (Phi) is 1.48. The second kappa shape index (κ2) is 2.49. The number of hydrogen-bond acceptors (Lipinski definition) is 3. The highest BCUT2D eigenvalue weighted by Gasteiger charge is 2.02. The van der Waals surface area contributed by atoms with E-state index in [1.807, 2.05) is 6.07 Å². The van der Waals surface area contributed by atoms with Crippen molar-refractivity contribution in [3.63, 3.8) is 0 Å². The Labute approximate surface area is 67.9 Å². The van der Waals surface area contributed by atoms with Gasteiger partial charge in [0.05, 0.1) is 10.9 Å². The van der Waals surface area contributed by atoms with Gasteiger partial charge in [-0.25, -0.2) is 9.95 Å². The lowest BCUT2D eigenvalue weighted by molar-refractivity contribution is 0.400. The van der Waals surface area contributed by atoms with Gasteiger partial charge in [0.2, 0.25) is 0 Å². The molecule has 4 nitrogen and oxygen atoms in total. The van der Waals surface area contributed by atoms with Crippen molar-refractivity contribution in [2.45, 2.75) is 6.54 Å². The molecule has 0 aliphatic rings. The SMILES string of the molecule is NCc1ccc2[nH]oc(=O)c2c1. The second-order valence-corrected chi connectivity index (χ2v) is 2.58. The number of rotatable bonds is 1. The van der Waals surface area contributed by atoms with Crippen LogP contribution in [0.5, 0.6) is 0 Å². The minimum Gasteiger partial charge on any atom is -0.338 e. The molecule has 0 atom stereocenters. The van der Waals surface area contributed by atoms with Crippen LogP contribution in [0.4, 0.5) is 0 Å². The van der Waals surface area contributed by atoms with Gasteiger partial charge < -0.3 is 10.3 Å². The van der Waals surface area contributed by atoms with Crippen molar-refractivity contribution in [2.24, 2.45) is 5.73 Å². The fourth-order valence-electron chi connectivity index (χ4n) is 1.13. The zero-order valence-electron chi connectivity index (χ0n) is 6.33. The summed E-state index contributed by atoms with van der Waals surface area (Å²) in [5.74, 6) is 0. The number of aromatic nitrogens is 1. The summed E-state index contributed by atoms with van der Waals surface area (Å²) in [6.45, 7) is 0.431. The molecular formula is C8H8N2O2. The third-order valence-electron chi connectivity index (χ3n) is 1.79. The molecule has 1 aromatic carbocycles. The molecule has 3 N–H and O–H groups in total. The Morgan fingerprint density at radius 1 is 1.50 bits per heavy atom. The van der Waals surface area contributed by atoms with Crippen LogP contribution in [-0.2, 0) is 6.54 Å². The minimum atomic E-state index is -0.347. The van der Waals surface area contributed by atoms with Crippen LogP contribution < -0.4 is 11.4 Å². The van der Waals surface area contributed by atoms with Crippen molar-refractivity contribution in [1.82, 2.24) is 5.16 Å². The van der Waals surface area contributed by atoms with Gasteiger partial charge in [0, 0.05) is 6.54 Å². The van der Waals surface area contributed by atoms with Crippen LogP contribution >= 0.6 is 0 Å². The average molecular weight is 164 g/mol. The van der Waals surface area contributed by atoms with Gasteiger partial charge in [-0.1, -0.05) is 6.07 Å². The first-order valence-corrected chi connectivity index (χ1v) is 3.61. The first kappa shape index (κ1) is 7.12. The monoisotopic (exact) mass is 164 g/mol. The van der Waals surface area contributed by atoms with Crippen LogP contribution in [0.25, 0.3) is 10.9 Å². The third kappa shape index (κ3) is 0.931. The van der Waals surface area contributed by atoms with Crippen molar-refractivity contribution in [3.05, 3.63) is 34.2 Å². The minimum absolute atomic E-state index is 0.347. The van der Waals surface area contributed by atoms with E-state index in [2.05, 4.69) is 9.68 Å². The fraction of sp³-hybridized carbons (Fsp3) is 0.125. The Bertz CT molecular complexity index is 455.